The molecule has 1 aromatic heterocycles. The van der Waals surface area contributed by atoms with Gasteiger partial charge in [0.1, 0.15) is 5.84 Å². The van der Waals surface area contributed by atoms with Gasteiger partial charge in [0.15, 0.2) is 11.7 Å². The van der Waals surface area contributed by atoms with Crippen LogP contribution in [0, 0.1) is 5.41 Å². The zero-order valence-corrected chi connectivity index (χ0v) is 26.9. The van der Waals surface area contributed by atoms with E-state index in [9.17, 15) is 0 Å². The maximum absolute atomic E-state index is 8.22. The molecule has 0 unspecified atom stereocenters. The average molecular weight is 624 g/mol. The molecule has 46 heavy (non-hydrogen) atoms. The highest BCUT2D eigenvalue weighted by atomic mass is 35.5. The van der Waals surface area contributed by atoms with Gasteiger partial charge in [0.25, 0.3) is 0 Å². The van der Waals surface area contributed by atoms with E-state index in [0.29, 0.717) is 11.7 Å². The number of halogens is 1. The lowest BCUT2D eigenvalue weighted by Gasteiger charge is -2.13. The van der Waals surface area contributed by atoms with Gasteiger partial charge in [-0.1, -0.05) is 134 Å². The summed E-state index contributed by atoms with van der Waals surface area (Å²) in [5, 5.41) is 8.22. The quantitative estimate of drug-likeness (QED) is 0.154. The third kappa shape index (κ3) is 10.1. The summed E-state index contributed by atoms with van der Waals surface area (Å²) in [5.41, 5.74) is 9.03. The molecule has 1 aromatic carbocycles. The fraction of sp³-hybridized carbons (Fsp3) is 0.125. The van der Waals surface area contributed by atoms with Crippen LogP contribution in [0.1, 0.15) is 60.9 Å². The SMILES string of the molecule is C=C/C=C/C(=N)N=C(N=CC1=CCCC=C1)c1ccc(/C=C/C=C(\C=C)c2nc(C3=CC=CCC3)cc(/C(C)=C/C=C/Cl)n2)cc1. The van der Waals surface area contributed by atoms with E-state index >= 15 is 0 Å². The highest BCUT2D eigenvalue weighted by Gasteiger charge is 2.12. The van der Waals surface area contributed by atoms with Crippen molar-refractivity contribution in [3.8, 4) is 0 Å². The average Bonchev–Trinajstić information content (AvgIpc) is 3.10. The van der Waals surface area contributed by atoms with Crippen molar-refractivity contribution < 1.29 is 0 Å². The monoisotopic (exact) mass is 623 g/mol. The number of aliphatic imine (C=N–C) groups is 2. The van der Waals surface area contributed by atoms with Gasteiger partial charge in [0, 0.05) is 22.9 Å². The van der Waals surface area contributed by atoms with E-state index < -0.39 is 0 Å². The Bertz CT molecular complexity index is 1780. The van der Waals surface area contributed by atoms with Gasteiger partial charge in [-0.05, 0) is 67.0 Å². The summed E-state index contributed by atoms with van der Waals surface area (Å²) in [6.07, 6.45) is 34.7. The maximum Gasteiger partial charge on any atom is 0.161 e. The summed E-state index contributed by atoms with van der Waals surface area (Å²) in [5.74, 6) is 1.17. The molecule has 0 spiro atoms. The largest absolute Gasteiger partial charge is 0.283 e. The fourth-order valence-corrected chi connectivity index (χ4v) is 4.68. The van der Waals surface area contributed by atoms with Gasteiger partial charge in [0.05, 0.1) is 11.4 Å². The Hall–Kier alpha value is -5.26. The van der Waals surface area contributed by atoms with Crippen LogP contribution in [0.5, 0.6) is 0 Å². The number of rotatable bonds is 11. The van der Waals surface area contributed by atoms with E-state index in [1.807, 2.05) is 61.6 Å². The molecule has 230 valence electrons. The van der Waals surface area contributed by atoms with E-state index in [0.717, 1.165) is 64.9 Å². The normalized spacial score (nSPS) is 16.1. The van der Waals surface area contributed by atoms with E-state index in [1.54, 1.807) is 36.6 Å². The lowest BCUT2D eigenvalue weighted by molar-refractivity contribution is 1.01. The summed E-state index contributed by atoms with van der Waals surface area (Å²) in [4.78, 5) is 18.9. The number of hydrogen-bond acceptors (Lipinski definition) is 3. The number of aromatic nitrogens is 2. The molecule has 1 heterocycles. The van der Waals surface area contributed by atoms with Crippen LogP contribution in [0.4, 0.5) is 0 Å². The van der Waals surface area contributed by atoms with Crippen molar-refractivity contribution in [2.45, 2.75) is 32.6 Å². The molecule has 0 amide bonds. The number of benzene rings is 1. The van der Waals surface area contributed by atoms with Gasteiger partial charge in [-0.3, -0.25) is 5.41 Å². The van der Waals surface area contributed by atoms with Crippen LogP contribution in [0.25, 0.3) is 22.8 Å². The molecule has 0 fully saturated rings. The van der Waals surface area contributed by atoms with Crippen molar-refractivity contribution in [3.63, 3.8) is 0 Å². The van der Waals surface area contributed by atoms with Crippen LogP contribution in [0.15, 0.2) is 150 Å². The Balaban J connectivity index is 1.60. The van der Waals surface area contributed by atoms with Crippen LogP contribution in [0.2, 0.25) is 0 Å². The molecule has 2 aliphatic rings. The predicted octanol–water partition coefficient (Wildman–Crippen LogP) is 10.5. The number of hydrogen-bond donors (Lipinski definition) is 1. The molecule has 4 rings (SSSR count). The standard InChI is InChI=1S/C40H38ClN5/c1-4-6-22-38(42)46-39(43-29-32-16-9-7-10-17-32)35-25-23-31(24-26-35)18-13-21-33(5-2)40-44-36(30(3)15-14-27-41)28-37(45-40)34-19-11-8-12-20-34/h4-6,8-9,11,13-19,21-29,42H,1-2,7,10,12,20H2,3H3/b18-13+,22-6+,27-14+,30-15+,33-21+,42-38?,43-29?,46-39?. The van der Waals surface area contributed by atoms with Crippen LogP contribution < -0.4 is 0 Å². The van der Waals surface area contributed by atoms with E-state index in [2.05, 4.69) is 59.6 Å². The summed E-state index contributed by atoms with van der Waals surface area (Å²) in [7, 11) is 0. The van der Waals surface area contributed by atoms with Crippen LogP contribution >= 0.6 is 11.6 Å². The molecular weight excluding hydrogens is 586 g/mol. The molecule has 6 heteroatoms. The van der Waals surface area contributed by atoms with E-state index in [-0.39, 0.29) is 5.84 Å². The van der Waals surface area contributed by atoms with Crippen LogP contribution in [-0.4, -0.2) is 27.9 Å². The van der Waals surface area contributed by atoms with Crippen LogP contribution in [0.3, 0.4) is 0 Å². The zero-order chi connectivity index (χ0) is 32.6. The molecule has 0 saturated carbocycles. The minimum Gasteiger partial charge on any atom is -0.283 e. The molecule has 0 saturated heterocycles. The lowest BCUT2D eigenvalue weighted by atomic mass is 10.00. The Morgan fingerprint density at radius 1 is 1.00 bits per heavy atom. The highest BCUT2D eigenvalue weighted by molar-refractivity contribution is 6.25. The Morgan fingerprint density at radius 3 is 2.54 bits per heavy atom. The second-order valence-electron chi connectivity index (χ2n) is 10.5. The highest BCUT2D eigenvalue weighted by Crippen LogP contribution is 2.26. The van der Waals surface area contributed by atoms with Gasteiger partial charge >= 0.3 is 0 Å². The summed E-state index contributed by atoms with van der Waals surface area (Å²) in [6, 6.07) is 9.94. The van der Waals surface area contributed by atoms with Crippen molar-refractivity contribution in [1.82, 2.24) is 9.97 Å². The first kappa shape index (κ1) is 33.6. The van der Waals surface area contributed by atoms with Gasteiger partial charge in [0.2, 0.25) is 0 Å². The zero-order valence-electron chi connectivity index (χ0n) is 26.1. The minimum atomic E-state index is 0.0955. The summed E-state index contributed by atoms with van der Waals surface area (Å²) >= 11 is 5.77. The predicted molar refractivity (Wildman–Crippen MR) is 199 cm³/mol. The van der Waals surface area contributed by atoms with E-state index in [1.165, 1.54) is 11.1 Å². The summed E-state index contributed by atoms with van der Waals surface area (Å²) in [6.45, 7) is 9.72. The van der Waals surface area contributed by atoms with Crippen molar-refractivity contribution in [2.75, 3.05) is 0 Å². The first-order valence-electron chi connectivity index (χ1n) is 15.2. The molecular formula is C40H38ClN5. The molecule has 1 N–H and O–H groups in total. The van der Waals surface area contributed by atoms with Gasteiger partial charge < -0.3 is 0 Å². The Labute approximate surface area is 277 Å². The van der Waals surface area contributed by atoms with E-state index in [4.69, 9.17) is 27.0 Å². The Kier molecular flexibility index (Phi) is 13.1. The Morgan fingerprint density at radius 2 is 1.85 bits per heavy atom. The van der Waals surface area contributed by atoms with Gasteiger partial charge in [-0.15, -0.1) is 0 Å². The van der Waals surface area contributed by atoms with Crippen molar-refractivity contribution in [2.24, 2.45) is 9.98 Å². The number of nitrogens with one attached hydrogen (secondary N) is 1. The second-order valence-corrected chi connectivity index (χ2v) is 10.7. The number of amidine groups is 2. The fourth-order valence-electron chi connectivity index (χ4n) is 4.61. The van der Waals surface area contributed by atoms with Crippen LogP contribution in [-0.2, 0) is 0 Å². The van der Waals surface area contributed by atoms with Gasteiger partial charge in [-0.25, -0.2) is 20.0 Å². The molecule has 0 aliphatic heterocycles. The first-order valence-corrected chi connectivity index (χ1v) is 15.6. The molecule has 0 atom stereocenters. The second kappa shape index (κ2) is 17.9. The van der Waals surface area contributed by atoms with Crippen molar-refractivity contribution >= 4 is 52.3 Å². The molecule has 0 bridgehead atoms. The smallest absolute Gasteiger partial charge is 0.161 e. The topological polar surface area (TPSA) is 74.3 Å². The van der Waals surface area contributed by atoms with Crippen molar-refractivity contribution in [3.05, 3.63) is 168 Å². The minimum absolute atomic E-state index is 0.0955. The third-order valence-corrected chi connectivity index (χ3v) is 7.23. The number of allylic oxidation sites excluding steroid dienone is 17. The molecule has 5 nitrogen and oxygen atoms in total. The van der Waals surface area contributed by atoms with Gasteiger partial charge in [-0.2, -0.15) is 0 Å². The number of nitrogens with zero attached hydrogens (tertiary/aromatic N) is 4. The first-order chi connectivity index (χ1) is 22.5. The molecule has 0 radical (unpaired) electrons. The van der Waals surface area contributed by atoms with Crippen molar-refractivity contribution in [1.29, 1.82) is 5.41 Å². The lowest BCUT2D eigenvalue weighted by Crippen LogP contribution is -2.03. The summed E-state index contributed by atoms with van der Waals surface area (Å²) < 4.78 is 0. The third-order valence-electron chi connectivity index (χ3n) is 7.08. The molecule has 2 aromatic rings. The maximum atomic E-state index is 8.22. The molecule has 2 aliphatic carbocycles.